The monoisotopic (exact) mass is 255 g/mol. The van der Waals surface area contributed by atoms with Gasteiger partial charge < -0.3 is 15.1 Å². The standard InChI is InChI=1S/C14H29N3O/c1-12(2)15-14(8-6-7-9-14)13(18)17(5)11-10-16(3)4/h12,15H,6-11H2,1-5H3. The van der Waals surface area contributed by atoms with Crippen molar-refractivity contribution < 1.29 is 4.79 Å². The van der Waals surface area contributed by atoms with Crippen LogP contribution in [0.15, 0.2) is 0 Å². The van der Waals surface area contributed by atoms with E-state index in [-0.39, 0.29) is 11.4 Å². The third-order valence-corrected chi connectivity index (χ3v) is 3.66. The van der Waals surface area contributed by atoms with Crippen LogP contribution < -0.4 is 5.32 Å². The molecule has 1 rings (SSSR count). The van der Waals surface area contributed by atoms with E-state index in [0.29, 0.717) is 6.04 Å². The first-order valence-corrected chi connectivity index (χ1v) is 7.05. The maximum absolute atomic E-state index is 12.7. The predicted molar refractivity (Wildman–Crippen MR) is 75.7 cm³/mol. The van der Waals surface area contributed by atoms with Gasteiger partial charge in [0.2, 0.25) is 5.91 Å². The number of hydrogen-bond acceptors (Lipinski definition) is 3. The molecule has 0 radical (unpaired) electrons. The molecule has 1 N–H and O–H groups in total. The van der Waals surface area contributed by atoms with Crippen LogP contribution in [0, 0.1) is 0 Å². The van der Waals surface area contributed by atoms with Gasteiger partial charge in [-0.3, -0.25) is 4.79 Å². The summed E-state index contributed by atoms with van der Waals surface area (Å²) in [6.45, 7) is 5.95. The van der Waals surface area contributed by atoms with E-state index in [9.17, 15) is 4.79 Å². The molecule has 0 heterocycles. The molecule has 0 aromatic heterocycles. The van der Waals surface area contributed by atoms with E-state index in [4.69, 9.17) is 0 Å². The molecule has 4 nitrogen and oxygen atoms in total. The minimum Gasteiger partial charge on any atom is -0.343 e. The second-order valence-corrected chi connectivity index (χ2v) is 6.12. The lowest BCUT2D eigenvalue weighted by Gasteiger charge is -2.35. The van der Waals surface area contributed by atoms with Crippen LogP contribution in [0.3, 0.4) is 0 Å². The van der Waals surface area contributed by atoms with Crippen LogP contribution in [-0.4, -0.2) is 61.5 Å². The summed E-state index contributed by atoms with van der Waals surface area (Å²) in [7, 11) is 6.00. The zero-order valence-corrected chi connectivity index (χ0v) is 12.6. The molecule has 0 aromatic rings. The van der Waals surface area contributed by atoms with E-state index in [1.54, 1.807) is 0 Å². The highest BCUT2D eigenvalue weighted by atomic mass is 16.2. The molecule has 1 fully saturated rings. The average molecular weight is 255 g/mol. The normalized spacial score (nSPS) is 18.6. The van der Waals surface area contributed by atoms with Gasteiger partial charge in [-0.15, -0.1) is 0 Å². The van der Waals surface area contributed by atoms with Crippen molar-refractivity contribution in [2.75, 3.05) is 34.2 Å². The van der Waals surface area contributed by atoms with Crippen molar-refractivity contribution in [3.05, 3.63) is 0 Å². The maximum atomic E-state index is 12.7. The Balaban J connectivity index is 2.64. The molecule has 0 aliphatic heterocycles. The maximum Gasteiger partial charge on any atom is 0.242 e. The summed E-state index contributed by atoms with van der Waals surface area (Å²) in [5.74, 6) is 0.274. The van der Waals surface area contributed by atoms with E-state index < -0.39 is 0 Å². The fraction of sp³-hybridized carbons (Fsp3) is 0.929. The Labute approximate surface area is 112 Å². The Morgan fingerprint density at radius 2 is 1.72 bits per heavy atom. The molecule has 0 aromatic carbocycles. The second kappa shape index (κ2) is 6.53. The minimum atomic E-state index is -0.296. The molecular formula is C14H29N3O. The highest BCUT2D eigenvalue weighted by Gasteiger charge is 2.42. The molecule has 18 heavy (non-hydrogen) atoms. The summed E-state index contributed by atoms with van der Waals surface area (Å²) >= 11 is 0. The highest BCUT2D eigenvalue weighted by Crippen LogP contribution is 2.31. The second-order valence-electron chi connectivity index (χ2n) is 6.12. The Bertz CT molecular complexity index is 270. The molecular weight excluding hydrogens is 226 g/mol. The van der Waals surface area contributed by atoms with Crippen LogP contribution >= 0.6 is 0 Å². The zero-order valence-electron chi connectivity index (χ0n) is 12.6. The first kappa shape index (κ1) is 15.4. The third-order valence-electron chi connectivity index (χ3n) is 3.66. The summed E-state index contributed by atoms with van der Waals surface area (Å²) in [6.07, 6.45) is 4.28. The van der Waals surface area contributed by atoms with Crippen molar-refractivity contribution in [2.24, 2.45) is 0 Å². The van der Waals surface area contributed by atoms with Gasteiger partial charge in [0.15, 0.2) is 0 Å². The molecule has 1 saturated carbocycles. The van der Waals surface area contributed by atoms with Gasteiger partial charge in [0.1, 0.15) is 0 Å². The van der Waals surface area contributed by atoms with Gasteiger partial charge in [0, 0.05) is 26.2 Å². The lowest BCUT2D eigenvalue weighted by atomic mass is 9.94. The Kier molecular flexibility index (Phi) is 5.60. The number of hydrogen-bond donors (Lipinski definition) is 1. The van der Waals surface area contributed by atoms with E-state index in [2.05, 4.69) is 24.1 Å². The molecule has 4 heteroatoms. The Morgan fingerprint density at radius 1 is 1.17 bits per heavy atom. The van der Waals surface area contributed by atoms with Crippen molar-refractivity contribution in [2.45, 2.75) is 51.1 Å². The average Bonchev–Trinajstić information content (AvgIpc) is 2.73. The van der Waals surface area contributed by atoms with Crippen molar-refractivity contribution >= 4 is 5.91 Å². The molecule has 0 atom stereocenters. The molecule has 0 spiro atoms. The van der Waals surface area contributed by atoms with Crippen LogP contribution in [0.25, 0.3) is 0 Å². The van der Waals surface area contributed by atoms with E-state index >= 15 is 0 Å². The first-order valence-electron chi connectivity index (χ1n) is 7.05. The predicted octanol–water partition coefficient (Wildman–Crippen LogP) is 1.32. The highest BCUT2D eigenvalue weighted by molar-refractivity contribution is 5.86. The summed E-state index contributed by atoms with van der Waals surface area (Å²) in [5.41, 5.74) is -0.296. The summed E-state index contributed by atoms with van der Waals surface area (Å²) in [5, 5.41) is 3.52. The number of rotatable bonds is 6. The third kappa shape index (κ3) is 3.95. The summed E-state index contributed by atoms with van der Waals surface area (Å²) < 4.78 is 0. The molecule has 0 unspecified atom stereocenters. The quantitative estimate of drug-likeness (QED) is 0.777. The molecule has 1 aliphatic carbocycles. The van der Waals surface area contributed by atoms with Crippen molar-refractivity contribution in [1.29, 1.82) is 0 Å². The van der Waals surface area contributed by atoms with Gasteiger partial charge in [-0.1, -0.05) is 12.8 Å². The number of carbonyl (C=O) groups excluding carboxylic acids is 1. The van der Waals surface area contributed by atoms with Gasteiger partial charge in [-0.2, -0.15) is 0 Å². The number of likely N-dealkylation sites (N-methyl/N-ethyl adjacent to an activating group) is 2. The Hall–Kier alpha value is -0.610. The van der Waals surface area contributed by atoms with Crippen LogP contribution in [-0.2, 0) is 4.79 Å². The topological polar surface area (TPSA) is 35.6 Å². The van der Waals surface area contributed by atoms with Gasteiger partial charge in [0.25, 0.3) is 0 Å². The molecule has 1 aliphatic rings. The van der Waals surface area contributed by atoms with Crippen LogP contribution in [0.4, 0.5) is 0 Å². The number of nitrogens with zero attached hydrogens (tertiary/aromatic N) is 2. The Morgan fingerprint density at radius 3 is 2.17 bits per heavy atom. The largest absolute Gasteiger partial charge is 0.343 e. The van der Waals surface area contributed by atoms with Crippen LogP contribution in [0.1, 0.15) is 39.5 Å². The number of nitrogens with one attached hydrogen (secondary N) is 1. The lowest BCUT2D eigenvalue weighted by Crippen LogP contribution is -2.58. The van der Waals surface area contributed by atoms with E-state index in [1.807, 2.05) is 26.0 Å². The van der Waals surface area contributed by atoms with Crippen molar-refractivity contribution in [1.82, 2.24) is 15.1 Å². The molecule has 1 amide bonds. The van der Waals surface area contributed by atoms with Gasteiger partial charge in [-0.25, -0.2) is 0 Å². The number of amides is 1. The van der Waals surface area contributed by atoms with Gasteiger partial charge >= 0.3 is 0 Å². The van der Waals surface area contributed by atoms with Crippen LogP contribution in [0.5, 0.6) is 0 Å². The lowest BCUT2D eigenvalue weighted by molar-refractivity contribution is -0.137. The smallest absolute Gasteiger partial charge is 0.242 e. The molecule has 106 valence electrons. The molecule has 0 saturated heterocycles. The van der Waals surface area contributed by atoms with E-state index in [0.717, 1.165) is 38.8 Å². The minimum absolute atomic E-state index is 0.274. The van der Waals surface area contributed by atoms with Gasteiger partial charge in [-0.05, 0) is 40.8 Å². The molecule has 0 bridgehead atoms. The van der Waals surface area contributed by atoms with Crippen molar-refractivity contribution in [3.63, 3.8) is 0 Å². The number of carbonyl (C=O) groups is 1. The zero-order chi connectivity index (χ0) is 13.8. The van der Waals surface area contributed by atoms with Crippen molar-refractivity contribution in [3.8, 4) is 0 Å². The fourth-order valence-corrected chi connectivity index (χ4v) is 2.77. The summed E-state index contributed by atoms with van der Waals surface area (Å²) in [4.78, 5) is 16.7. The SMILES string of the molecule is CC(C)NC1(C(=O)N(C)CCN(C)C)CCCC1. The summed E-state index contributed by atoms with van der Waals surface area (Å²) in [6, 6.07) is 0.356. The van der Waals surface area contributed by atoms with E-state index in [1.165, 1.54) is 0 Å². The fourth-order valence-electron chi connectivity index (χ4n) is 2.77. The van der Waals surface area contributed by atoms with Gasteiger partial charge in [0.05, 0.1) is 5.54 Å². The first-order chi connectivity index (χ1) is 8.37. The van der Waals surface area contributed by atoms with Crippen LogP contribution in [0.2, 0.25) is 0 Å².